The van der Waals surface area contributed by atoms with Crippen LogP contribution < -0.4 is 5.32 Å². The van der Waals surface area contributed by atoms with Crippen molar-refractivity contribution in [2.24, 2.45) is 0 Å². The molecule has 1 saturated heterocycles. The number of hydrogen-bond acceptors (Lipinski definition) is 4. The third-order valence-electron chi connectivity index (χ3n) is 4.20. The SMILES string of the molecule is CC1CNCCCCN1S(=O)(=O)c1cccc2cncc(F)c12.Cl.Cl. The highest BCUT2D eigenvalue weighted by Gasteiger charge is 2.31. The van der Waals surface area contributed by atoms with Gasteiger partial charge in [0.05, 0.1) is 11.1 Å². The molecule has 0 saturated carbocycles. The number of aromatic nitrogens is 1. The van der Waals surface area contributed by atoms with Crippen LogP contribution in [-0.2, 0) is 10.0 Å². The van der Waals surface area contributed by atoms with Crippen molar-refractivity contribution < 1.29 is 12.8 Å². The number of benzene rings is 1. The third-order valence-corrected chi connectivity index (χ3v) is 6.25. The van der Waals surface area contributed by atoms with Crippen LogP contribution in [-0.4, -0.2) is 43.4 Å². The van der Waals surface area contributed by atoms with Crippen LogP contribution in [0, 0.1) is 5.82 Å². The normalized spacial score (nSPS) is 19.4. The van der Waals surface area contributed by atoms with Gasteiger partial charge >= 0.3 is 0 Å². The van der Waals surface area contributed by atoms with E-state index in [9.17, 15) is 12.8 Å². The maximum Gasteiger partial charge on any atom is 0.244 e. The Bertz CT molecular complexity index is 815. The van der Waals surface area contributed by atoms with E-state index >= 15 is 0 Å². The van der Waals surface area contributed by atoms with Crippen LogP contribution in [0.5, 0.6) is 0 Å². The Hall–Kier alpha value is -0.990. The van der Waals surface area contributed by atoms with Crippen LogP contribution in [0.4, 0.5) is 4.39 Å². The van der Waals surface area contributed by atoms with Crippen LogP contribution in [0.15, 0.2) is 35.5 Å². The summed E-state index contributed by atoms with van der Waals surface area (Å²) in [5.41, 5.74) is 0. The molecule has 0 spiro atoms. The molecule has 0 aliphatic carbocycles. The van der Waals surface area contributed by atoms with Gasteiger partial charge in [0.1, 0.15) is 0 Å². The Morgan fingerprint density at radius 2 is 2.00 bits per heavy atom. The molecule has 140 valence electrons. The second-order valence-corrected chi connectivity index (χ2v) is 7.71. The van der Waals surface area contributed by atoms with Gasteiger partial charge in [0.25, 0.3) is 0 Å². The zero-order chi connectivity index (χ0) is 16.4. The number of halogens is 3. The number of pyridine rings is 1. The molecular formula is C16H22Cl2FN3O2S. The Labute approximate surface area is 159 Å². The van der Waals surface area contributed by atoms with Crippen LogP contribution in [0.25, 0.3) is 10.8 Å². The lowest BCUT2D eigenvalue weighted by atomic mass is 10.2. The molecule has 1 aliphatic rings. The van der Waals surface area contributed by atoms with Gasteiger partial charge in [-0.1, -0.05) is 12.1 Å². The number of nitrogens with one attached hydrogen (secondary N) is 1. The molecule has 0 bridgehead atoms. The lowest BCUT2D eigenvalue weighted by Gasteiger charge is -2.31. The van der Waals surface area contributed by atoms with Crippen molar-refractivity contribution in [3.05, 3.63) is 36.4 Å². The van der Waals surface area contributed by atoms with Gasteiger partial charge in [-0.3, -0.25) is 4.98 Å². The van der Waals surface area contributed by atoms with Crippen molar-refractivity contribution in [2.75, 3.05) is 19.6 Å². The highest BCUT2D eigenvalue weighted by Crippen LogP contribution is 2.28. The zero-order valence-corrected chi connectivity index (χ0v) is 16.3. The summed E-state index contributed by atoms with van der Waals surface area (Å²) in [5.74, 6) is -0.612. The number of rotatable bonds is 2. The van der Waals surface area contributed by atoms with E-state index in [0.717, 1.165) is 25.6 Å². The highest BCUT2D eigenvalue weighted by atomic mass is 35.5. The fourth-order valence-electron chi connectivity index (χ4n) is 3.01. The molecule has 3 rings (SSSR count). The minimum atomic E-state index is -3.77. The van der Waals surface area contributed by atoms with E-state index in [4.69, 9.17) is 0 Å². The smallest absolute Gasteiger partial charge is 0.244 e. The topological polar surface area (TPSA) is 62.3 Å². The predicted molar refractivity (Wildman–Crippen MR) is 102 cm³/mol. The third kappa shape index (κ3) is 4.41. The molecular weight excluding hydrogens is 388 g/mol. The molecule has 9 heteroatoms. The summed E-state index contributed by atoms with van der Waals surface area (Å²) in [6.45, 7) is 3.81. The average molecular weight is 410 g/mol. The first-order valence-electron chi connectivity index (χ1n) is 7.76. The van der Waals surface area contributed by atoms with Gasteiger partial charge in [0, 0.05) is 36.1 Å². The number of nitrogens with zero attached hydrogens (tertiary/aromatic N) is 2. The standard InChI is InChI=1S/C16H20FN3O2S.2ClH/c1-12-9-18-7-2-3-8-20(12)23(21,22)15-6-4-5-13-10-19-11-14(17)16(13)15;;/h4-6,10-12,18H,2-3,7-9H2,1H3;2*1H. The number of fused-ring (bicyclic) bond motifs is 1. The monoisotopic (exact) mass is 409 g/mol. The molecule has 5 nitrogen and oxygen atoms in total. The first-order chi connectivity index (χ1) is 11.0. The molecule has 2 heterocycles. The maximum absolute atomic E-state index is 14.2. The van der Waals surface area contributed by atoms with Gasteiger partial charge in [0.15, 0.2) is 5.82 Å². The van der Waals surface area contributed by atoms with Crippen LogP contribution in [0.1, 0.15) is 19.8 Å². The Morgan fingerprint density at radius 1 is 1.24 bits per heavy atom. The molecule has 1 unspecified atom stereocenters. The van der Waals surface area contributed by atoms with E-state index in [1.165, 1.54) is 16.6 Å². The summed E-state index contributed by atoms with van der Waals surface area (Å²) >= 11 is 0. The Morgan fingerprint density at radius 3 is 2.76 bits per heavy atom. The van der Waals surface area contributed by atoms with E-state index in [-0.39, 0.29) is 41.1 Å². The van der Waals surface area contributed by atoms with Crippen molar-refractivity contribution in [3.8, 4) is 0 Å². The second-order valence-electron chi connectivity index (χ2n) is 5.85. The summed E-state index contributed by atoms with van der Waals surface area (Å²) in [4.78, 5) is 3.81. The molecule has 1 aromatic carbocycles. The Kier molecular flexibility index (Phi) is 8.02. The summed E-state index contributed by atoms with van der Waals surface area (Å²) in [6.07, 6.45) is 4.24. The summed E-state index contributed by atoms with van der Waals surface area (Å²) < 4.78 is 42.0. The summed E-state index contributed by atoms with van der Waals surface area (Å²) in [5, 5.41) is 3.85. The highest BCUT2D eigenvalue weighted by molar-refractivity contribution is 7.89. The average Bonchev–Trinajstić information content (AvgIpc) is 2.50. The molecule has 1 fully saturated rings. The maximum atomic E-state index is 14.2. The molecule has 1 atom stereocenters. The van der Waals surface area contributed by atoms with Gasteiger partial charge in [0.2, 0.25) is 10.0 Å². The fourth-order valence-corrected chi connectivity index (χ4v) is 4.90. The Balaban J connectivity index is 0.00000156. The van der Waals surface area contributed by atoms with Gasteiger partial charge in [-0.25, -0.2) is 12.8 Å². The largest absolute Gasteiger partial charge is 0.315 e. The van der Waals surface area contributed by atoms with E-state index in [2.05, 4.69) is 10.3 Å². The van der Waals surface area contributed by atoms with Gasteiger partial charge < -0.3 is 5.32 Å². The van der Waals surface area contributed by atoms with E-state index in [0.29, 0.717) is 18.5 Å². The fraction of sp³-hybridized carbons (Fsp3) is 0.438. The molecule has 25 heavy (non-hydrogen) atoms. The van der Waals surface area contributed by atoms with Crippen molar-refractivity contribution in [1.29, 1.82) is 0 Å². The predicted octanol–water partition coefficient (Wildman–Crippen LogP) is 2.98. The lowest BCUT2D eigenvalue weighted by molar-refractivity contribution is 0.301. The van der Waals surface area contributed by atoms with Crippen molar-refractivity contribution in [1.82, 2.24) is 14.6 Å². The molecule has 1 N–H and O–H groups in total. The minimum absolute atomic E-state index is 0. The van der Waals surface area contributed by atoms with E-state index < -0.39 is 15.8 Å². The summed E-state index contributed by atoms with van der Waals surface area (Å²) in [7, 11) is -3.77. The van der Waals surface area contributed by atoms with Gasteiger partial charge in [-0.05, 0) is 32.4 Å². The van der Waals surface area contributed by atoms with Crippen molar-refractivity contribution in [2.45, 2.75) is 30.7 Å². The summed E-state index contributed by atoms with van der Waals surface area (Å²) in [6, 6.07) is 4.59. The number of sulfonamides is 1. The first-order valence-corrected chi connectivity index (χ1v) is 9.20. The second kappa shape index (κ2) is 9.09. The van der Waals surface area contributed by atoms with Crippen LogP contribution >= 0.6 is 24.8 Å². The molecule has 1 aromatic heterocycles. The lowest BCUT2D eigenvalue weighted by Crippen LogP contribution is -2.46. The molecule has 2 aromatic rings. The molecule has 0 radical (unpaired) electrons. The molecule has 1 aliphatic heterocycles. The van der Waals surface area contributed by atoms with Crippen LogP contribution in [0.3, 0.4) is 0 Å². The number of hydrogen-bond donors (Lipinski definition) is 1. The van der Waals surface area contributed by atoms with Crippen LogP contribution in [0.2, 0.25) is 0 Å². The van der Waals surface area contributed by atoms with E-state index in [1.807, 2.05) is 6.92 Å². The van der Waals surface area contributed by atoms with Gasteiger partial charge in [-0.15, -0.1) is 24.8 Å². The quantitative estimate of drug-likeness (QED) is 0.827. The van der Waals surface area contributed by atoms with Crippen molar-refractivity contribution in [3.63, 3.8) is 0 Å². The first kappa shape index (κ1) is 22.1. The minimum Gasteiger partial charge on any atom is -0.315 e. The molecule has 0 amide bonds. The zero-order valence-electron chi connectivity index (χ0n) is 13.8. The van der Waals surface area contributed by atoms with Gasteiger partial charge in [-0.2, -0.15) is 4.31 Å². The van der Waals surface area contributed by atoms with Crippen molar-refractivity contribution >= 4 is 45.6 Å². The van der Waals surface area contributed by atoms with E-state index in [1.54, 1.807) is 12.1 Å².